The van der Waals surface area contributed by atoms with E-state index in [2.05, 4.69) is 22.4 Å². The summed E-state index contributed by atoms with van der Waals surface area (Å²) in [6.07, 6.45) is 0.217. The van der Waals surface area contributed by atoms with E-state index in [1.807, 2.05) is 30.5 Å². The molecule has 0 unspecified atom stereocenters. The fraction of sp³-hybridized carbons (Fsp3) is 0.263. The summed E-state index contributed by atoms with van der Waals surface area (Å²) in [4.78, 5) is 17.7. The largest absolute Gasteiger partial charge is 0.440 e. The van der Waals surface area contributed by atoms with Gasteiger partial charge in [0, 0.05) is 6.54 Å². The molecule has 0 spiro atoms. The number of carbonyl (C=O) groups excluding carboxylic acids is 1. The molecule has 0 radical (unpaired) electrons. The fourth-order valence-electron chi connectivity index (χ4n) is 2.85. The van der Waals surface area contributed by atoms with Crippen molar-refractivity contribution in [3.63, 3.8) is 0 Å². The maximum Gasteiger partial charge on any atom is 0.236 e. The molecule has 0 atom stereocenters. The van der Waals surface area contributed by atoms with Gasteiger partial charge in [-0.25, -0.2) is 4.98 Å². The van der Waals surface area contributed by atoms with Gasteiger partial charge in [-0.1, -0.05) is 24.3 Å². The van der Waals surface area contributed by atoms with E-state index in [1.54, 1.807) is 11.3 Å². The number of rotatable bonds is 5. The predicted octanol–water partition coefficient (Wildman–Crippen LogP) is 3.60. The van der Waals surface area contributed by atoms with Gasteiger partial charge in [0.2, 0.25) is 11.8 Å². The highest BCUT2D eigenvalue weighted by atomic mass is 32.1. The molecule has 3 aromatic rings. The molecule has 1 aliphatic heterocycles. The number of carbonyl (C=O) groups is 1. The first-order valence-electron chi connectivity index (χ1n) is 8.14. The summed E-state index contributed by atoms with van der Waals surface area (Å²) in [5.74, 6) is 1.20. The molecule has 128 valence electrons. The maximum atomic E-state index is 12.3. The van der Waals surface area contributed by atoms with E-state index in [0.29, 0.717) is 37.1 Å². The molecule has 4 rings (SSSR count). The number of nitrogens with zero attached hydrogens (tertiary/aromatic N) is 1. The van der Waals surface area contributed by atoms with E-state index in [9.17, 15) is 4.79 Å². The zero-order chi connectivity index (χ0) is 17.2. The van der Waals surface area contributed by atoms with Gasteiger partial charge in [0.1, 0.15) is 5.76 Å². The molecule has 0 bridgehead atoms. The molecule has 0 fully saturated rings. The quantitative estimate of drug-likeness (QED) is 0.760. The Bertz CT molecular complexity index is 900. The van der Waals surface area contributed by atoms with Crippen LogP contribution in [0.4, 0.5) is 0 Å². The van der Waals surface area contributed by atoms with Crippen molar-refractivity contribution >= 4 is 17.2 Å². The lowest BCUT2D eigenvalue weighted by molar-refractivity contribution is -0.120. The molecule has 3 heterocycles. The Balaban J connectivity index is 1.38. The van der Waals surface area contributed by atoms with Crippen LogP contribution in [0.15, 0.2) is 40.1 Å². The maximum absolute atomic E-state index is 12.3. The molecule has 0 saturated heterocycles. The smallest absolute Gasteiger partial charge is 0.236 e. The highest BCUT2D eigenvalue weighted by Gasteiger charge is 2.16. The Morgan fingerprint density at radius 2 is 2.16 bits per heavy atom. The molecule has 2 aromatic heterocycles. The van der Waals surface area contributed by atoms with Gasteiger partial charge in [0.05, 0.1) is 30.2 Å². The lowest BCUT2D eigenvalue weighted by Gasteiger charge is -2.06. The van der Waals surface area contributed by atoms with Crippen molar-refractivity contribution < 1.29 is 13.9 Å². The van der Waals surface area contributed by atoms with Gasteiger partial charge in [-0.15, -0.1) is 11.3 Å². The molecule has 1 N–H and O–H groups in total. The van der Waals surface area contributed by atoms with E-state index in [-0.39, 0.29) is 12.3 Å². The summed E-state index contributed by atoms with van der Waals surface area (Å²) in [5.41, 5.74) is 4.20. The lowest BCUT2D eigenvalue weighted by Crippen LogP contribution is -2.25. The van der Waals surface area contributed by atoms with Gasteiger partial charge < -0.3 is 14.5 Å². The second kappa shape index (κ2) is 6.82. The summed E-state index contributed by atoms with van der Waals surface area (Å²) in [6, 6.07) is 10.1. The van der Waals surface area contributed by atoms with Crippen molar-refractivity contribution in [1.29, 1.82) is 0 Å². The molecule has 1 aliphatic rings. The van der Waals surface area contributed by atoms with Crippen LogP contribution in [0, 0.1) is 6.92 Å². The van der Waals surface area contributed by atoms with Crippen LogP contribution in [-0.4, -0.2) is 10.9 Å². The number of benzene rings is 1. The molecule has 1 amide bonds. The normalized spacial score (nSPS) is 13.0. The molecular weight excluding hydrogens is 336 g/mol. The number of thiophene rings is 1. The Kier molecular flexibility index (Phi) is 4.38. The molecule has 1 aromatic carbocycles. The van der Waals surface area contributed by atoms with Crippen LogP contribution >= 0.6 is 11.3 Å². The molecule has 0 saturated carbocycles. The first-order chi connectivity index (χ1) is 12.2. The number of fused-ring (bicyclic) bond motifs is 1. The van der Waals surface area contributed by atoms with Crippen LogP contribution in [-0.2, 0) is 35.7 Å². The fourth-order valence-corrected chi connectivity index (χ4v) is 3.50. The topological polar surface area (TPSA) is 64.4 Å². The molecule has 25 heavy (non-hydrogen) atoms. The van der Waals surface area contributed by atoms with E-state index < -0.39 is 0 Å². The lowest BCUT2D eigenvalue weighted by atomic mass is 10.1. The van der Waals surface area contributed by atoms with E-state index in [1.165, 1.54) is 11.1 Å². The zero-order valence-electron chi connectivity index (χ0n) is 13.9. The van der Waals surface area contributed by atoms with Crippen LogP contribution in [0.3, 0.4) is 0 Å². The second-order valence-corrected chi connectivity index (χ2v) is 7.00. The van der Waals surface area contributed by atoms with Crippen molar-refractivity contribution in [2.24, 2.45) is 0 Å². The van der Waals surface area contributed by atoms with Crippen LogP contribution < -0.4 is 5.32 Å². The number of hydrogen-bond acceptors (Lipinski definition) is 5. The van der Waals surface area contributed by atoms with Crippen LogP contribution in [0.2, 0.25) is 0 Å². The average molecular weight is 354 g/mol. The third-order valence-electron chi connectivity index (χ3n) is 4.23. The van der Waals surface area contributed by atoms with Gasteiger partial charge in [-0.2, -0.15) is 0 Å². The van der Waals surface area contributed by atoms with Gasteiger partial charge in [-0.05, 0) is 35.1 Å². The molecule has 6 heteroatoms. The summed E-state index contributed by atoms with van der Waals surface area (Å²) in [6.45, 7) is 3.68. The van der Waals surface area contributed by atoms with Gasteiger partial charge in [0.15, 0.2) is 0 Å². The van der Waals surface area contributed by atoms with E-state index in [4.69, 9.17) is 9.15 Å². The molecule has 0 aliphatic carbocycles. The van der Waals surface area contributed by atoms with Gasteiger partial charge in [0.25, 0.3) is 0 Å². The second-order valence-electron chi connectivity index (χ2n) is 6.05. The summed E-state index contributed by atoms with van der Waals surface area (Å²) in [5, 5.41) is 4.93. The number of aryl methyl sites for hydroxylation is 1. The predicted molar refractivity (Wildman–Crippen MR) is 95.0 cm³/mol. The van der Waals surface area contributed by atoms with Crippen molar-refractivity contribution in [3.8, 4) is 10.8 Å². The SMILES string of the molecule is Cc1oc(-c2cccs2)nc1CC(=O)NCc1ccc2c(c1)COC2. The zero-order valence-corrected chi connectivity index (χ0v) is 14.7. The first-order valence-corrected chi connectivity index (χ1v) is 9.02. The number of oxazole rings is 1. The first kappa shape index (κ1) is 16.1. The van der Waals surface area contributed by atoms with Crippen molar-refractivity contribution in [2.75, 3.05) is 0 Å². The minimum atomic E-state index is -0.0640. The highest BCUT2D eigenvalue weighted by molar-refractivity contribution is 7.13. The Morgan fingerprint density at radius 3 is 3.00 bits per heavy atom. The van der Waals surface area contributed by atoms with Crippen molar-refractivity contribution in [1.82, 2.24) is 10.3 Å². The van der Waals surface area contributed by atoms with E-state index in [0.717, 1.165) is 10.4 Å². The third kappa shape index (κ3) is 3.50. The van der Waals surface area contributed by atoms with Crippen LogP contribution in [0.25, 0.3) is 10.8 Å². The number of nitrogens with one attached hydrogen (secondary N) is 1. The minimum absolute atomic E-state index is 0.0640. The van der Waals surface area contributed by atoms with Gasteiger partial charge in [-0.3, -0.25) is 4.79 Å². The van der Waals surface area contributed by atoms with Crippen LogP contribution in [0.1, 0.15) is 28.1 Å². The Hall–Kier alpha value is -2.44. The minimum Gasteiger partial charge on any atom is -0.440 e. The number of amides is 1. The number of aromatic nitrogens is 1. The van der Waals surface area contributed by atoms with Gasteiger partial charge >= 0.3 is 0 Å². The Labute approximate surface area is 149 Å². The highest BCUT2D eigenvalue weighted by Crippen LogP contribution is 2.26. The summed E-state index contributed by atoms with van der Waals surface area (Å²) >= 11 is 1.57. The molecule has 5 nitrogen and oxygen atoms in total. The van der Waals surface area contributed by atoms with E-state index >= 15 is 0 Å². The summed E-state index contributed by atoms with van der Waals surface area (Å²) < 4.78 is 11.1. The molecular formula is C19H18N2O3S. The average Bonchev–Trinajstić information content (AvgIpc) is 3.34. The summed E-state index contributed by atoms with van der Waals surface area (Å²) in [7, 11) is 0. The number of hydrogen-bond donors (Lipinski definition) is 1. The third-order valence-corrected chi connectivity index (χ3v) is 5.09. The van der Waals surface area contributed by atoms with Crippen LogP contribution in [0.5, 0.6) is 0 Å². The van der Waals surface area contributed by atoms with Crippen molar-refractivity contribution in [2.45, 2.75) is 33.1 Å². The Morgan fingerprint density at radius 1 is 1.28 bits per heavy atom. The monoisotopic (exact) mass is 354 g/mol. The van der Waals surface area contributed by atoms with Crippen molar-refractivity contribution in [3.05, 3.63) is 63.9 Å². The standard InChI is InChI=1S/C19H18N2O3S/c1-12-16(21-19(24-12)17-3-2-6-25-17)8-18(22)20-9-13-4-5-14-10-23-11-15(14)7-13/h2-7H,8-11H2,1H3,(H,20,22). The number of ether oxygens (including phenoxy) is 1.